The van der Waals surface area contributed by atoms with Gasteiger partial charge in [0.05, 0.1) is 5.52 Å². The third-order valence-corrected chi connectivity index (χ3v) is 4.73. The van der Waals surface area contributed by atoms with Gasteiger partial charge in [0.15, 0.2) is 0 Å². The fourth-order valence-electron chi connectivity index (χ4n) is 3.14. The number of fused-ring (bicyclic) bond motifs is 1. The Balaban J connectivity index is 1.49. The van der Waals surface area contributed by atoms with Crippen LogP contribution in [0.3, 0.4) is 0 Å². The Morgan fingerprint density at radius 1 is 0.960 bits per heavy atom. The molecule has 4 rings (SSSR count). The normalized spacial score (nSPS) is 15.5. The van der Waals surface area contributed by atoms with Crippen molar-refractivity contribution in [1.29, 1.82) is 0 Å². The summed E-state index contributed by atoms with van der Waals surface area (Å²) in [7, 11) is 2.18. The van der Waals surface area contributed by atoms with Crippen molar-refractivity contribution in [3.05, 3.63) is 54.2 Å². The van der Waals surface area contributed by atoms with Gasteiger partial charge in [-0.15, -0.1) is 0 Å². The van der Waals surface area contributed by atoms with Crippen molar-refractivity contribution in [2.45, 2.75) is 6.92 Å². The predicted octanol–water partition coefficient (Wildman–Crippen LogP) is 3.43. The van der Waals surface area contributed by atoms with Gasteiger partial charge in [-0.3, -0.25) is 0 Å². The van der Waals surface area contributed by atoms with Crippen molar-refractivity contribution in [3.63, 3.8) is 0 Å². The molecule has 0 atom stereocenters. The molecular weight excluding hydrogens is 310 g/mol. The predicted molar refractivity (Wildman–Crippen MR) is 104 cm³/mol. The molecule has 0 aliphatic carbocycles. The molecule has 5 nitrogen and oxygen atoms in total. The van der Waals surface area contributed by atoms with Crippen LogP contribution in [-0.2, 0) is 0 Å². The minimum absolute atomic E-state index is 0.630. The molecule has 1 aliphatic rings. The first-order chi connectivity index (χ1) is 12.2. The van der Waals surface area contributed by atoms with Gasteiger partial charge in [-0.25, -0.2) is 9.97 Å². The molecule has 128 valence electrons. The first-order valence-electron chi connectivity index (χ1n) is 8.71. The van der Waals surface area contributed by atoms with Gasteiger partial charge in [0.25, 0.3) is 0 Å². The van der Waals surface area contributed by atoms with E-state index in [1.54, 1.807) is 0 Å². The molecule has 1 aromatic heterocycles. The smallest absolute Gasteiger partial charge is 0.227 e. The van der Waals surface area contributed by atoms with E-state index in [0.29, 0.717) is 5.95 Å². The van der Waals surface area contributed by atoms with E-state index in [1.165, 1.54) is 11.3 Å². The highest BCUT2D eigenvalue weighted by atomic mass is 15.2. The van der Waals surface area contributed by atoms with E-state index in [-0.39, 0.29) is 0 Å². The molecule has 1 fully saturated rings. The monoisotopic (exact) mass is 333 g/mol. The molecule has 0 amide bonds. The molecule has 0 saturated carbocycles. The average molecular weight is 333 g/mol. The molecule has 2 heterocycles. The number of anilines is 3. The van der Waals surface area contributed by atoms with Crippen LogP contribution in [0.4, 0.5) is 17.3 Å². The number of hydrogen-bond donors (Lipinski definition) is 1. The van der Waals surface area contributed by atoms with E-state index in [0.717, 1.165) is 42.8 Å². The highest BCUT2D eigenvalue weighted by Gasteiger charge is 2.14. The molecule has 1 aliphatic heterocycles. The summed E-state index contributed by atoms with van der Waals surface area (Å²) in [6.45, 7) is 6.47. The number of piperazine rings is 1. The Bertz CT molecular complexity index is 867. The van der Waals surface area contributed by atoms with E-state index in [1.807, 2.05) is 6.20 Å². The number of benzene rings is 2. The van der Waals surface area contributed by atoms with Crippen LogP contribution in [0, 0.1) is 6.92 Å². The first kappa shape index (κ1) is 15.8. The Labute approximate surface area is 148 Å². The van der Waals surface area contributed by atoms with Crippen molar-refractivity contribution < 1.29 is 0 Å². The van der Waals surface area contributed by atoms with E-state index in [2.05, 4.69) is 81.5 Å². The zero-order chi connectivity index (χ0) is 17.2. The summed E-state index contributed by atoms with van der Waals surface area (Å²) >= 11 is 0. The fourth-order valence-corrected chi connectivity index (χ4v) is 3.14. The van der Waals surface area contributed by atoms with Crippen molar-refractivity contribution in [1.82, 2.24) is 14.9 Å². The molecule has 0 radical (unpaired) electrons. The van der Waals surface area contributed by atoms with Gasteiger partial charge in [-0.2, -0.15) is 0 Å². The van der Waals surface area contributed by atoms with Crippen LogP contribution in [-0.4, -0.2) is 48.1 Å². The summed E-state index contributed by atoms with van der Waals surface area (Å²) < 4.78 is 0. The summed E-state index contributed by atoms with van der Waals surface area (Å²) in [5.41, 5.74) is 4.44. The lowest BCUT2D eigenvalue weighted by Crippen LogP contribution is -2.44. The molecule has 0 spiro atoms. The van der Waals surface area contributed by atoms with E-state index in [9.17, 15) is 0 Å². The fraction of sp³-hybridized carbons (Fsp3) is 0.300. The van der Waals surface area contributed by atoms with Crippen LogP contribution in [0.5, 0.6) is 0 Å². The van der Waals surface area contributed by atoms with Crippen LogP contribution in [0.2, 0.25) is 0 Å². The summed E-state index contributed by atoms with van der Waals surface area (Å²) in [4.78, 5) is 13.8. The van der Waals surface area contributed by atoms with Gasteiger partial charge >= 0.3 is 0 Å². The molecule has 5 heteroatoms. The van der Waals surface area contributed by atoms with Crippen LogP contribution in [0.25, 0.3) is 10.9 Å². The topological polar surface area (TPSA) is 44.3 Å². The maximum absolute atomic E-state index is 4.61. The summed E-state index contributed by atoms with van der Waals surface area (Å²) in [5, 5.41) is 4.36. The number of rotatable bonds is 3. The quantitative estimate of drug-likeness (QED) is 0.795. The minimum atomic E-state index is 0.630. The molecule has 3 aromatic rings. The minimum Gasteiger partial charge on any atom is -0.369 e. The zero-order valence-electron chi connectivity index (χ0n) is 14.7. The van der Waals surface area contributed by atoms with Gasteiger partial charge in [-0.1, -0.05) is 12.1 Å². The maximum atomic E-state index is 4.61. The number of likely N-dealkylation sites (N-methyl/N-ethyl adjacent to an activating group) is 1. The molecule has 0 unspecified atom stereocenters. The van der Waals surface area contributed by atoms with Gasteiger partial charge in [0.2, 0.25) is 5.95 Å². The molecular formula is C20H23N5. The Morgan fingerprint density at radius 2 is 1.72 bits per heavy atom. The van der Waals surface area contributed by atoms with Crippen molar-refractivity contribution in [2.24, 2.45) is 0 Å². The first-order valence-corrected chi connectivity index (χ1v) is 8.71. The zero-order valence-corrected chi connectivity index (χ0v) is 14.7. The highest BCUT2D eigenvalue weighted by molar-refractivity contribution is 5.79. The summed E-state index contributed by atoms with van der Waals surface area (Å²) in [6, 6.07) is 14.7. The number of nitrogens with zero attached hydrogens (tertiary/aromatic N) is 4. The lowest BCUT2D eigenvalue weighted by molar-refractivity contribution is 0.313. The van der Waals surface area contributed by atoms with Crippen LogP contribution in [0.15, 0.2) is 48.7 Å². The highest BCUT2D eigenvalue weighted by Crippen LogP contribution is 2.22. The molecule has 1 saturated heterocycles. The lowest BCUT2D eigenvalue weighted by Gasteiger charge is -2.34. The SMILES string of the molecule is Cc1ccc2cnc(Nc3ccc(N4CCN(C)CC4)cc3)nc2c1. The van der Waals surface area contributed by atoms with Crippen LogP contribution >= 0.6 is 0 Å². The second-order valence-corrected chi connectivity index (χ2v) is 6.72. The number of nitrogens with one attached hydrogen (secondary N) is 1. The van der Waals surface area contributed by atoms with Crippen molar-refractivity contribution in [2.75, 3.05) is 43.4 Å². The van der Waals surface area contributed by atoms with Crippen molar-refractivity contribution in [3.8, 4) is 0 Å². The maximum Gasteiger partial charge on any atom is 0.227 e. The molecule has 1 N–H and O–H groups in total. The van der Waals surface area contributed by atoms with Crippen LogP contribution in [0.1, 0.15) is 5.56 Å². The van der Waals surface area contributed by atoms with Gasteiger partial charge < -0.3 is 15.1 Å². The van der Waals surface area contributed by atoms with Gasteiger partial charge in [0.1, 0.15) is 0 Å². The summed E-state index contributed by atoms with van der Waals surface area (Å²) in [5.74, 6) is 0.630. The molecule has 25 heavy (non-hydrogen) atoms. The van der Waals surface area contributed by atoms with E-state index >= 15 is 0 Å². The lowest BCUT2D eigenvalue weighted by atomic mass is 10.2. The third-order valence-electron chi connectivity index (χ3n) is 4.73. The van der Waals surface area contributed by atoms with Gasteiger partial charge in [0, 0.05) is 49.1 Å². The number of aryl methyl sites for hydroxylation is 1. The number of aromatic nitrogens is 2. The molecule has 2 aromatic carbocycles. The van der Waals surface area contributed by atoms with Crippen molar-refractivity contribution >= 4 is 28.2 Å². The Hall–Kier alpha value is -2.66. The largest absolute Gasteiger partial charge is 0.369 e. The van der Waals surface area contributed by atoms with E-state index in [4.69, 9.17) is 0 Å². The van der Waals surface area contributed by atoms with E-state index < -0.39 is 0 Å². The summed E-state index contributed by atoms with van der Waals surface area (Å²) in [6.07, 6.45) is 1.86. The second kappa shape index (κ2) is 6.69. The number of hydrogen-bond acceptors (Lipinski definition) is 5. The third kappa shape index (κ3) is 3.56. The average Bonchev–Trinajstić information content (AvgIpc) is 2.63. The van der Waals surface area contributed by atoms with Crippen LogP contribution < -0.4 is 10.2 Å². The Morgan fingerprint density at radius 3 is 2.48 bits per heavy atom. The molecule has 0 bridgehead atoms. The standard InChI is InChI=1S/C20H23N5/c1-15-3-4-16-14-21-20(23-19(16)13-15)22-17-5-7-18(8-6-17)25-11-9-24(2)10-12-25/h3-8,13-14H,9-12H2,1-2H3,(H,21,22,23). The second-order valence-electron chi connectivity index (χ2n) is 6.72. The Kier molecular flexibility index (Phi) is 4.24. The van der Waals surface area contributed by atoms with Gasteiger partial charge in [-0.05, 0) is 49.9 Å².